The number of methoxy groups -OCH3 is 4. The average molecular weight is 1150 g/mol. The number of hydrogen-bond acceptors (Lipinski definition) is 17. The van der Waals surface area contributed by atoms with Crippen LogP contribution in [0.3, 0.4) is 0 Å². The highest BCUT2D eigenvalue weighted by molar-refractivity contribution is 6.39. The van der Waals surface area contributed by atoms with E-state index in [0.717, 1.165) is 11.1 Å². The third kappa shape index (κ3) is 18.3. The van der Waals surface area contributed by atoms with Crippen molar-refractivity contribution in [2.45, 2.75) is 188 Å². The molecule has 458 valence electrons. The molecule has 2 bridgehead atoms. The molecule has 0 aliphatic carbocycles. The summed E-state index contributed by atoms with van der Waals surface area (Å²) in [6.07, 6.45) is 9.30. The lowest BCUT2D eigenvalue weighted by molar-refractivity contribution is -0.265. The van der Waals surface area contributed by atoms with Crippen molar-refractivity contribution in [1.82, 2.24) is 4.90 Å². The first kappa shape index (κ1) is 67.9. The second-order valence-corrected chi connectivity index (χ2v) is 24.0. The number of carbonyl (C=O) groups is 6. The van der Waals surface area contributed by atoms with Gasteiger partial charge in [0, 0.05) is 70.6 Å². The molecule has 0 aromatic heterocycles. The van der Waals surface area contributed by atoms with E-state index in [1.807, 2.05) is 82.3 Å². The minimum atomic E-state index is -2.47. The Bertz CT molecular complexity index is 2410. The molecule has 1 amide bonds. The van der Waals surface area contributed by atoms with E-state index in [0.29, 0.717) is 75.7 Å². The van der Waals surface area contributed by atoms with Gasteiger partial charge in [-0.15, -0.1) is 0 Å². The molecule has 1 aromatic carbocycles. The number of allylic oxidation sites excluding steroid dienone is 6. The van der Waals surface area contributed by atoms with Gasteiger partial charge in [0.15, 0.2) is 12.1 Å². The fourth-order valence-electron chi connectivity index (χ4n) is 11.5. The number of fused-ring (bicyclic) bond motifs is 3. The number of Topliss-reactive ketones (excluding diaryl/α,β-unsaturated/α-hetero) is 3. The summed E-state index contributed by atoms with van der Waals surface area (Å²) in [5.74, 6) is -8.53. The number of nitrogens with zero attached hydrogens (tertiary/aromatic N) is 1. The molecule has 0 spiro atoms. The number of piperidine rings is 1. The van der Waals surface area contributed by atoms with Gasteiger partial charge in [0.2, 0.25) is 5.79 Å². The molecule has 5 rings (SSSR count). The molecule has 2 N–H and O–H groups in total. The summed E-state index contributed by atoms with van der Waals surface area (Å²) in [6.45, 7) is 16.6. The van der Waals surface area contributed by atoms with E-state index >= 15 is 0 Å². The highest BCUT2D eigenvalue weighted by Gasteiger charge is 2.53. The number of ketones is 3. The van der Waals surface area contributed by atoms with E-state index < -0.39 is 107 Å². The van der Waals surface area contributed by atoms with E-state index in [2.05, 4.69) is 0 Å². The second-order valence-electron chi connectivity index (χ2n) is 24.0. The Morgan fingerprint density at radius 2 is 1.55 bits per heavy atom. The first-order valence-electron chi connectivity index (χ1n) is 29.4. The summed E-state index contributed by atoms with van der Waals surface area (Å²) in [4.78, 5) is 86.6. The molecule has 3 fully saturated rings. The number of benzene rings is 1. The van der Waals surface area contributed by atoms with Crippen molar-refractivity contribution in [2.24, 2.45) is 40.9 Å². The molecule has 4 heterocycles. The molecule has 0 radical (unpaired) electrons. The summed E-state index contributed by atoms with van der Waals surface area (Å²) >= 11 is 0. The molecule has 18 heteroatoms. The number of ether oxygens (including phenoxy) is 9. The maximum Gasteiger partial charge on any atom is 0.329 e. The van der Waals surface area contributed by atoms with Crippen LogP contribution in [0.25, 0.3) is 0 Å². The molecule has 14 atom stereocenters. The molecule has 1 aromatic rings. The predicted octanol–water partition coefficient (Wildman–Crippen LogP) is 8.74. The zero-order valence-electron chi connectivity index (χ0n) is 50.9. The molecular formula is C64H95NO17. The molecule has 82 heavy (non-hydrogen) atoms. The summed E-state index contributed by atoms with van der Waals surface area (Å²) in [7, 11) is 6.10. The molecule has 14 unspecified atom stereocenters. The molecule has 0 saturated carbocycles. The highest BCUT2D eigenvalue weighted by atomic mass is 16.7. The maximum absolute atomic E-state index is 14.7. The number of rotatable bonds is 14. The third-order valence-corrected chi connectivity index (χ3v) is 17.0. The van der Waals surface area contributed by atoms with Gasteiger partial charge in [-0.3, -0.25) is 24.0 Å². The number of carbonyl (C=O) groups excluding carboxylic acids is 6. The Hall–Kier alpha value is -4.92. The number of aliphatic hydroxyl groups excluding tert-OH is 1. The highest BCUT2D eigenvalue weighted by Crippen LogP contribution is 2.38. The van der Waals surface area contributed by atoms with Crippen molar-refractivity contribution >= 4 is 35.2 Å². The van der Waals surface area contributed by atoms with Crippen molar-refractivity contribution in [2.75, 3.05) is 54.8 Å². The molecule has 4 aliphatic heterocycles. The van der Waals surface area contributed by atoms with Crippen LogP contribution in [0.5, 0.6) is 5.75 Å². The fourth-order valence-corrected chi connectivity index (χ4v) is 11.5. The van der Waals surface area contributed by atoms with E-state index in [1.165, 1.54) is 12.0 Å². The smallest absolute Gasteiger partial charge is 0.329 e. The van der Waals surface area contributed by atoms with Crippen LogP contribution >= 0.6 is 0 Å². The van der Waals surface area contributed by atoms with Crippen LogP contribution in [0, 0.1) is 40.9 Å². The van der Waals surface area contributed by atoms with Crippen LogP contribution in [0.2, 0.25) is 0 Å². The summed E-state index contributed by atoms with van der Waals surface area (Å²) in [6, 6.07) is 6.11. The van der Waals surface area contributed by atoms with Gasteiger partial charge < -0.3 is 57.7 Å². The quantitative estimate of drug-likeness (QED) is 0.101. The molecule has 4 aliphatic rings. The summed E-state index contributed by atoms with van der Waals surface area (Å²) < 4.78 is 53.0. The van der Waals surface area contributed by atoms with Crippen molar-refractivity contribution in [3.05, 3.63) is 77.4 Å². The fraction of sp³-hybridized carbons (Fsp3) is 0.688. The zero-order valence-corrected chi connectivity index (χ0v) is 50.9. The Kier molecular flexibility index (Phi) is 26.3. The molecule has 3 saturated heterocycles. The molecular weight excluding hydrogens is 1050 g/mol. The normalized spacial score (nSPS) is 35.1. The minimum Gasteiger partial charge on any atom is -0.497 e. The lowest BCUT2D eigenvalue weighted by Crippen LogP contribution is -2.61. The number of cyclic esters (lactones) is 1. The van der Waals surface area contributed by atoms with Crippen LogP contribution in [-0.2, 0) is 66.7 Å². The zero-order chi connectivity index (χ0) is 60.5. The monoisotopic (exact) mass is 1150 g/mol. The first-order valence-corrected chi connectivity index (χ1v) is 29.4. The second kappa shape index (κ2) is 31.8. The number of hydrogen-bond donors (Lipinski definition) is 2. The van der Waals surface area contributed by atoms with Gasteiger partial charge in [-0.1, -0.05) is 83.2 Å². The van der Waals surface area contributed by atoms with Crippen LogP contribution in [0.4, 0.5) is 0 Å². The summed E-state index contributed by atoms with van der Waals surface area (Å²) in [5.41, 5.74) is 0.960. The van der Waals surface area contributed by atoms with Crippen molar-refractivity contribution < 1.29 is 81.6 Å². The first-order chi connectivity index (χ1) is 38.9. The number of esters is 2. The van der Waals surface area contributed by atoms with Crippen LogP contribution in [0.15, 0.2) is 71.9 Å². The van der Waals surface area contributed by atoms with Gasteiger partial charge in [-0.05, 0) is 127 Å². The van der Waals surface area contributed by atoms with Gasteiger partial charge in [0.1, 0.15) is 41.3 Å². The van der Waals surface area contributed by atoms with Gasteiger partial charge in [-0.25, -0.2) is 4.79 Å². The SMILES string of the molecule is COCC(CCC(C)OC(=O)C1(C)COC(c2ccc(OC)cc2)OC1)CC(C)C1CC(=O)C(C)/C=C(\C)C(O)C(OC)C(=O)C(C)CC(C)/C=C/C=C/C=C(\C)C(OC)CC2CCC(C)C(O)(O2)C(=O)C(=O)N2CCCCC2C(=O)O1. The van der Waals surface area contributed by atoms with E-state index in [4.69, 9.17) is 42.6 Å². The number of aliphatic hydroxyl groups is 2. The minimum absolute atomic E-state index is 0.00846. The Balaban J connectivity index is 1.39. The topological polar surface area (TPSA) is 229 Å². The standard InChI is InChI=1S/C64H95NO17/c1-39-19-15-14-16-20-40(2)53(76-12)34-50-27-22-45(7)64(73,82-50)58(69)59(70)65-30-18-17-21-51(65)60(71)81-54(35-52(66)41(3)32-44(6)56(68)57(77-13)55(67)43(5)31-39)42(4)33-47(36-74-10)24-23-46(8)80-62(72)63(9)37-78-61(79-38-63)48-25-28-49(75-11)29-26-48/h14-16,19-20,25-26,28-29,32,39,41-43,45-47,50-51,53-54,56-57,61,68,73H,17-18,21-24,27,30-31,33-38H2,1-13H3/b16-14+,19-15+,40-20+,44-32+. The van der Waals surface area contributed by atoms with Crippen LogP contribution in [0.1, 0.15) is 145 Å². The average Bonchev–Trinajstić information content (AvgIpc) is 3.65. The molecule has 18 nitrogen and oxygen atoms in total. The lowest BCUT2D eigenvalue weighted by Gasteiger charge is -2.42. The van der Waals surface area contributed by atoms with Crippen molar-refractivity contribution in [1.29, 1.82) is 0 Å². The van der Waals surface area contributed by atoms with E-state index in [-0.39, 0.29) is 56.0 Å². The van der Waals surface area contributed by atoms with Crippen LogP contribution < -0.4 is 4.74 Å². The van der Waals surface area contributed by atoms with Crippen LogP contribution in [-0.4, -0.2) is 154 Å². The van der Waals surface area contributed by atoms with E-state index in [9.17, 15) is 39.0 Å². The largest absolute Gasteiger partial charge is 0.497 e. The Labute approximate surface area is 486 Å². The third-order valence-electron chi connectivity index (χ3n) is 17.0. The Morgan fingerprint density at radius 1 is 0.854 bits per heavy atom. The van der Waals surface area contributed by atoms with E-state index in [1.54, 1.807) is 62.0 Å². The summed E-state index contributed by atoms with van der Waals surface area (Å²) in [5, 5.41) is 23.7. The van der Waals surface area contributed by atoms with Gasteiger partial charge in [0.05, 0.1) is 38.6 Å². The predicted molar refractivity (Wildman–Crippen MR) is 307 cm³/mol. The number of amides is 1. The lowest BCUT2D eigenvalue weighted by atomic mass is 9.84. The van der Waals surface area contributed by atoms with Crippen molar-refractivity contribution in [3.63, 3.8) is 0 Å². The Morgan fingerprint density at radius 3 is 2.20 bits per heavy atom. The van der Waals surface area contributed by atoms with Gasteiger partial charge in [0.25, 0.3) is 11.7 Å². The van der Waals surface area contributed by atoms with Gasteiger partial charge >= 0.3 is 11.9 Å². The van der Waals surface area contributed by atoms with Gasteiger partial charge in [-0.2, -0.15) is 0 Å². The maximum atomic E-state index is 14.7. The van der Waals surface area contributed by atoms with Crippen molar-refractivity contribution in [3.8, 4) is 5.75 Å².